The van der Waals surface area contributed by atoms with Crippen LogP contribution in [0.5, 0.6) is 0 Å². The smallest absolute Gasteiger partial charge is 0.253 e. The highest BCUT2D eigenvalue weighted by atomic mass is 79.9. The average Bonchev–Trinajstić information content (AvgIpc) is 2.85. The van der Waals surface area contributed by atoms with Gasteiger partial charge in [-0.1, -0.05) is 6.92 Å². The summed E-state index contributed by atoms with van der Waals surface area (Å²) in [6, 6.07) is 3.47. The Kier molecular flexibility index (Phi) is 4.43. The molecule has 2 rings (SSSR count). The summed E-state index contributed by atoms with van der Waals surface area (Å²) < 4.78 is 0.714. The van der Waals surface area contributed by atoms with Crippen molar-refractivity contribution < 1.29 is 4.79 Å². The number of carbonyl (C=O) groups is 1. The second-order valence-electron chi connectivity index (χ2n) is 3.63. The summed E-state index contributed by atoms with van der Waals surface area (Å²) in [5, 5.41) is 3.75. The molecule has 0 spiro atoms. The number of aromatic nitrogens is 2. The molecule has 1 amide bonds. The standard InChI is InChI=1S/C12H12BrN3OS/c1-2-9-6-15-11(18-9)7-16-12(17)8-3-4-10(13)14-5-8/h3-6H,2,7H2,1H3,(H,16,17). The molecule has 4 nitrogen and oxygen atoms in total. The molecule has 0 aliphatic rings. The van der Waals surface area contributed by atoms with Gasteiger partial charge in [0.1, 0.15) is 9.61 Å². The summed E-state index contributed by atoms with van der Waals surface area (Å²) >= 11 is 4.85. The molecule has 2 aromatic heterocycles. The number of pyridine rings is 1. The first kappa shape index (κ1) is 13.2. The first-order valence-electron chi connectivity index (χ1n) is 5.52. The van der Waals surface area contributed by atoms with E-state index < -0.39 is 0 Å². The van der Waals surface area contributed by atoms with Crippen molar-refractivity contribution in [3.8, 4) is 0 Å². The normalized spacial score (nSPS) is 10.3. The van der Waals surface area contributed by atoms with E-state index in [0.29, 0.717) is 16.7 Å². The zero-order valence-electron chi connectivity index (χ0n) is 9.81. The number of carbonyl (C=O) groups excluding carboxylic acids is 1. The molecule has 0 atom stereocenters. The monoisotopic (exact) mass is 325 g/mol. The van der Waals surface area contributed by atoms with Crippen LogP contribution in [0.1, 0.15) is 27.2 Å². The number of thiazole rings is 1. The van der Waals surface area contributed by atoms with E-state index >= 15 is 0 Å². The Hall–Kier alpha value is -1.27. The summed E-state index contributed by atoms with van der Waals surface area (Å²) in [4.78, 5) is 21.3. The Balaban J connectivity index is 1.93. The fraction of sp³-hybridized carbons (Fsp3) is 0.250. The number of rotatable bonds is 4. The number of nitrogens with zero attached hydrogens (tertiary/aromatic N) is 2. The molecule has 0 saturated heterocycles. The largest absolute Gasteiger partial charge is 0.345 e. The fourth-order valence-corrected chi connectivity index (χ4v) is 2.40. The van der Waals surface area contributed by atoms with Crippen LogP contribution in [0.2, 0.25) is 0 Å². The van der Waals surface area contributed by atoms with E-state index in [-0.39, 0.29) is 5.91 Å². The summed E-state index contributed by atoms with van der Waals surface area (Å²) in [5.41, 5.74) is 0.547. The first-order valence-corrected chi connectivity index (χ1v) is 7.13. The number of hydrogen-bond donors (Lipinski definition) is 1. The van der Waals surface area contributed by atoms with Crippen molar-refractivity contribution in [1.82, 2.24) is 15.3 Å². The first-order chi connectivity index (χ1) is 8.69. The van der Waals surface area contributed by atoms with Crippen LogP contribution in [-0.4, -0.2) is 15.9 Å². The lowest BCUT2D eigenvalue weighted by Crippen LogP contribution is -2.22. The van der Waals surface area contributed by atoms with E-state index in [1.807, 2.05) is 6.20 Å². The molecule has 2 aromatic rings. The summed E-state index contributed by atoms with van der Waals surface area (Å²) in [6.45, 7) is 2.54. The minimum absolute atomic E-state index is 0.136. The molecule has 0 bridgehead atoms. The second kappa shape index (κ2) is 6.06. The molecule has 2 heterocycles. The molecule has 0 aliphatic carbocycles. The highest BCUT2D eigenvalue weighted by molar-refractivity contribution is 9.10. The molecule has 6 heteroatoms. The summed E-state index contributed by atoms with van der Waals surface area (Å²) in [7, 11) is 0. The third kappa shape index (κ3) is 3.36. The van der Waals surface area contributed by atoms with Gasteiger partial charge in [-0.3, -0.25) is 4.79 Å². The topological polar surface area (TPSA) is 54.9 Å². The van der Waals surface area contributed by atoms with E-state index in [0.717, 1.165) is 11.4 Å². The van der Waals surface area contributed by atoms with Crippen LogP contribution in [0, 0.1) is 0 Å². The van der Waals surface area contributed by atoms with Gasteiger partial charge in [0.05, 0.1) is 12.1 Å². The molecular formula is C12H12BrN3OS. The predicted molar refractivity (Wildman–Crippen MR) is 74.6 cm³/mol. The predicted octanol–water partition coefficient (Wildman–Crippen LogP) is 2.79. The molecule has 0 aliphatic heterocycles. The van der Waals surface area contributed by atoms with Gasteiger partial charge in [-0.15, -0.1) is 11.3 Å². The highest BCUT2D eigenvalue weighted by Gasteiger charge is 2.07. The lowest BCUT2D eigenvalue weighted by molar-refractivity contribution is 0.0950. The van der Waals surface area contributed by atoms with Crippen molar-refractivity contribution in [1.29, 1.82) is 0 Å². The van der Waals surface area contributed by atoms with Gasteiger partial charge in [0.2, 0.25) is 0 Å². The maximum Gasteiger partial charge on any atom is 0.253 e. The van der Waals surface area contributed by atoms with Crippen LogP contribution in [0.25, 0.3) is 0 Å². The molecule has 18 heavy (non-hydrogen) atoms. The van der Waals surface area contributed by atoms with Crippen LogP contribution in [-0.2, 0) is 13.0 Å². The van der Waals surface area contributed by atoms with Gasteiger partial charge in [-0.05, 0) is 34.5 Å². The number of halogens is 1. The molecule has 0 aromatic carbocycles. The minimum atomic E-state index is -0.136. The lowest BCUT2D eigenvalue weighted by atomic mass is 10.3. The Morgan fingerprint density at radius 2 is 2.22 bits per heavy atom. The molecule has 0 unspecified atom stereocenters. The number of aryl methyl sites for hydroxylation is 1. The van der Waals surface area contributed by atoms with E-state index in [1.54, 1.807) is 29.7 Å². The van der Waals surface area contributed by atoms with E-state index in [9.17, 15) is 4.79 Å². The van der Waals surface area contributed by atoms with Crippen LogP contribution in [0.3, 0.4) is 0 Å². The van der Waals surface area contributed by atoms with Gasteiger partial charge in [0.15, 0.2) is 0 Å². The quantitative estimate of drug-likeness (QED) is 0.879. The Morgan fingerprint density at radius 1 is 1.39 bits per heavy atom. The van der Waals surface area contributed by atoms with Crippen molar-refractivity contribution in [2.75, 3.05) is 0 Å². The van der Waals surface area contributed by atoms with Gasteiger partial charge in [0, 0.05) is 17.3 Å². The number of nitrogens with one attached hydrogen (secondary N) is 1. The molecule has 1 N–H and O–H groups in total. The zero-order chi connectivity index (χ0) is 13.0. The fourth-order valence-electron chi connectivity index (χ4n) is 1.36. The van der Waals surface area contributed by atoms with Crippen molar-refractivity contribution in [2.24, 2.45) is 0 Å². The van der Waals surface area contributed by atoms with Gasteiger partial charge in [-0.2, -0.15) is 0 Å². The van der Waals surface area contributed by atoms with Gasteiger partial charge < -0.3 is 5.32 Å². The van der Waals surface area contributed by atoms with Crippen LogP contribution < -0.4 is 5.32 Å². The van der Waals surface area contributed by atoms with Gasteiger partial charge >= 0.3 is 0 Å². The average molecular weight is 326 g/mol. The van der Waals surface area contributed by atoms with Gasteiger partial charge in [-0.25, -0.2) is 9.97 Å². The van der Waals surface area contributed by atoms with Gasteiger partial charge in [0.25, 0.3) is 5.91 Å². The van der Waals surface area contributed by atoms with E-state index in [4.69, 9.17) is 0 Å². The van der Waals surface area contributed by atoms with Crippen molar-refractivity contribution in [3.63, 3.8) is 0 Å². The summed E-state index contributed by atoms with van der Waals surface area (Å²) in [6.07, 6.45) is 4.37. The molecule has 94 valence electrons. The molecule has 0 radical (unpaired) electrons. The van der Waals surface area contributed by atoms with Crippen LogP contribution in [0.15, 0.2) is 29.1 Å². The highest BCUT2D eigenvalue weighted by Crippen LogP contribution is 2.13. The zero-order valence-corrected chi connectivity index (χ0v) is 12.2. The lowest BCUT2D eigenvalue weighted by Gasteiger charge is -2.02. The Bertz CT molecular complexity index is 539. The summed E-state index contributed by atoms with van der Waals surface area (Å²) in [5.74, 6) is -0.136. The molecule has 0 fully saturated rings. The Labute approximate surface area is 118 Å². The van der Waals surface area contributed by atoms with Crippen LogP contribution in [0.4, 0.5) is 0 Å². The third-order valence-electron chi connectivity index (χ3n) is 2.34. The SMILES string of the molecule is CCc1cnc(CNC(=O)c2ccc(Br)nc2)s1. The minimum Gasteiger partial charge on any atom is -0.345 e. The maximum atomic E-state index is 11.8. The van der Waals surface area contributed by atoms with Crippen LogP contribution >= 0.6 is 27.3 Å². The number of hydrogen-bond acceptors (Lipinski definition) is 4. The van der Waals surface area contributed by atoms with Crippen molar-refractivity contribution in [3.05, 3.63) is 44.6 Å². The molecular weight excluding hydrogens is 314 g/mol. The van der Waals surface area contributed by atoms with E-state index in [1.165, 1.54) is 4.88 Å². The Morgan fingerprint density at radius 3 is 2.83 bits per heavy atom. The second-order valence-corrected chi connectivity index (χ2v) is 5.64. The van der Waals surface area contributed by atoms with E-state index in [2.05, 4.69) is 38.1 Å². The third-order valence-corrected chi connectivity index (χ3v) is 3.95. The number of amides is 1. The molecule has 0 saturated carbocycles. The maximum absolute atomic E-state index is 11.8. The van der Waals surface area contributed by atoms with Crippen molar-refractivity contribution >= 4 is 33.2 Å². The van der Waals surface area contributed by atoms with Crippen molar-refractivity contribution in [2.45, 2.75) is 19.9 Å².